The Bertz CT molecular complexity index is 1470. The van der Waals surface area contributed by atoms with Gasteiger partial charge < -0.3 is 24.6 Å². The molecule has 7 nitrogen and oxygen atoms in total. The third kappa shape index (κ3) is 4.25. The summed E-state index contributed by atoms with van der Waals surface area (Å²) in [4.78, 5) is 24.0. The second-order valence-electron chi connectivity index (χ2n) is 8.92. The number of carbonyl (C=O) groups is 2. The van der Waals surface area contributed by atoms with Gasteiger partial charge in [-0.3, -0.25) is 0 Å². The Hall–Kier alpha value is -4.78. The van der Waals surface area contributed by atoms with Crippen LogP contribution in [0.25, 0.3) is 11.1 Å². The molecule has 1 aliphatic heterocycles. The van der Waals surface area contributed by atoms with E-state index in [2.05, 4.69) is 29.6 Å². The number of carboxylic acids is 1. The largest absolute Gasteiger partial charge is 0.482 e. The van der Waals surface area contributed by atoms with Crippen molar-refractivity contribution in [2.45, 2.75) is 12.0 Å². The fourth-order valence-electron chi connectivity index (χ4n) is 5.09. The normalized spacial score (nSPS) is 14.9. The van der Waals surface area contributed by atoms with Gasteiger partial charge in [0, 0.05) is 23.1 Å². The van der Waals surface area contributed by atoms with Crippen molar-refractivity contribution in [3.8, 4) is 28.4 Å². The average Bonchev–Trinajstić information content (AvgIpc) is 3.24. The van der Waals surface area contributed by atoms with Gasteiger partial charge in [-0.25, -0.2) is 9.59 Å². The Labute approximate surface area is 213 Å². The summed E-state index contributed by atoms with van der Waals surface area (Å²) in [7, 11) is 0. The van der Waals surface area contributed by atoms with Crippen molar-refractivity contribution in [1.82, 2.24) is 5.32 Å². The number of carbonyl (C=O) groups excluding carboxylic acids is 1. The van der Waals surface area contributed by atoms with E-state index >= 15 is 0 Å². The fourth-order valence-corrected chi connectivity index (χ4v) is 5.09. The van der Waals surface area contributed by atoms with Crippen molar-refractivity contribution in [2.75, 3.05) is 13.2 Å². The van der Waals surface area contributed by atoms with Crippen LogP contribution in [0, 0.1) is 0 Å². The van der Waals surface area contributed by atoms with Gasteiger partial charge in [0.25, 0.3) is 0 Å². The van der Waals surface area contributed by atoms with E-state index in [1.54, 1.807) is 18.2 Å². The lowest BCUT2D eigenvalue weighted by atomic mass is 9.94. The standard InChI is InChI=1S/C30H23NO6/c32-28(33)17-35-18-13-14-24-27(15-18)37-26-12-6-5-11-23(26)29(24)31-30(34)36-16-25-21-9-3-1-7-19(21)20-8-2-4-10-22(20)25/h1-15,25,29H,16-17H2,(H,31,34)(H,32,33). The summed E-state index contributed by atoms with van der Waals surface area (Å²) in [6, 6.07) is 28.4. The van der Waals surface area contributed by atoms with E-state index in [9.17, 15) is 9.59 Å². The minimum absolute atomic E-state index is 0.0404. The van der Waals surface area contributed by atoms with Crippen molar-refractivity contribution in [3.63, 3.8) is 0 Å². The van der Waals surface area contributed by atoms with Crippen LogP contribution >= 0.6 is 0 Å². The van der Waals surface area contributed by atoms with Gasteiger partial charge in [-0.05, 0) is 40.5 Å². The number of aliphatic carboxylic acids is 1. The van der Waals surface area contributed by atoms with E-state index in [0.717, 1.165) is 22.3 Å². The number of fused-ring (bicyclic) bond motifs is 5. The molecule has 2 aliphatic rings. The molecule has 0 aromatic heterocycles. The first kappa shape index (κ1) is 22.7. The Balaban J connectivity index is 1.22. The monoisotopic (exact) mass is 493 g/mol. The predicted molar refractivity (Wildman–Crippen MR) is 136 cm³/mol. The molecule has 0 saturated heterocycles. The zero-order valence-electron chi connectivity index (χ0n) is 19.7. The van der Waals surface area contributed by atoms with Gasteiger partial charge in [0.2, 0.25) is 0 Å². The zero-order valence-corrected chi connectivity index (χ0v) is 19.7. The average molecular weight is 494 g/mol. The molecule has 0 fully saturated rings. The van der Waals surface area contributed by atoms with E-state index in [-0.39, 0.29) is 12.5 Å². The summed E-state index contributed by atoms with van der Waals surface area (Å²) in [6.07, 6.45) is -0.541. The molecule has 0 bridgehead atoms. The Morgan fingerprint density at radius 2 is 1.41 bits per heavy atom. The molecule has 0 saturated carbocycles. The Morgan fingerprint density at radius 3 is 2.11 bits per heavy atom. The van der Waals surface area contributed by atoms with Crippen LogP contribution < -0.4 is 14.8 Å². The summed E-state index contributed by atoms with van der Waals surface area (Å²) < 4.78 is 17.1. The van der Waals surface area contributed by atoms with Gasteiger partial charge in [-0.2, -0.15) is 0 Å². The molecule has 7 heteroatoms. The van der Waals surface area contributed by atoms with E-state index in [1.807, 2.05) is 48.5 Å². The summed E-state index contributed by atoms with van der Waals surface area (Å²) >= 11 is 0. The third-order valence-corrected chi connectivity index (χ3v) is 6.71. The third-order valence-electron chi connectivity index (χ3n) is 6.71. The molecule has 184 valence electrons. The number of alkyl carbamates (subject to hydrolysis) is 1. The van der Waals surface area contributed by atoms with Gasteiger partial charge in [0.05, 0.1) is 6.04 Å². The number of benzene rings is 4. The van der Waals surface area contributed by atoms with Gasteiger partial charge in [0.15, 0.2) is 6.61 Å². The number of nitrogens with one attached hydrogen (secondary N) is 1. The molecule has 6 rings (SSSR count). The number of rotatable bonds is 6. The molecule has 0 spiro atoms. The Kier molecular flexibility index (Phi) is 5.73. The van der Waals surface area contributed by atoms with Crippen molar-refractivity contribution in [3.05, 3.63) is 113 Å². The molecule has 1 heterocycles. The highest BCUT2D eigenvalue weighted by Crippen LogP contribution is 2.46. The first-order valence-corrected chi connectivity index (χ1v) is 12.0. The Morgan fingerprint density at radius 1 is 0.784 bits per heavy atom. The summed E-state index contributed by atoms with van der Waals surface area (Å²) in [6.45, 7) is -0.254. The molecular formula is C30H23NO6. The van der Waals surface area contributed by atoms with Crippen LogP contribution in [-0.2, 0) is 9.53 Å². The lowest BCUT2D eigenvalue weighted by Gasteiger charge is -2.29. The van der Waals surface area contributed by atoms with Gasteiger partial charge in [0.1, 0.15) is 23.9 Å². The van der Waals surface area contributed by atoms with Crippen LogP contribution in [0.3, 0.4) is 0 Å². The van der Waals surface area contributed by atoms with Crippen LogP contribution in [0.15, 0.2) is 91.0 Å². The van der Waals surface area contributed by atoms with Gasteiger partial charge >= 0.3 is 12.1 Å². The molecule has 4 aromatic carbocycles. The minimum atomic E-state index is -1.07. The number of hydrogen-bond acceptors (Lipinski definition) is 5. The molecule has 4 aromatic rings. The van der Waals surface area contributed by atoms with Crippen molar-refractivity contribution >= 4 is 12.1 Å². The van der Waals surface area contributed by atoms with Crippen LogP contribution in [0.2, 0.25) is 0 Å². The summed E-state index contributed by atoms with van der Waals surface area (Å²) in [5.74, 6) is 0.320. The quantitative estimate of drug-likeness (QED) is 0.348. The highest BCUT2D eigenvalue weighted by molar-refractivity contribution is 5.79. The topological polar surface area (TPSA) is 94.1 Å². The predicted octanol–water partition coefficient (Wildman–Crippen LogP) is 5.88. The van der Waals surface area contributed by atoms with Crippen LogP contribution in [0.4, 0.5) is 4.79 Å². The maximum Gasteiger partial charge on any atom is 0.407 e. The highest BCUT2D eigenvalue weighted by atomic mass is 16.5. The maximum atomic E-state index is 13.1. The molecule has 1 atom stereocenters. The van der Waals surface area contributed by atoms with E-state index < -0.39 is 24.7 Å². The zero-order chi connectivity index (χ0) is 25.4. The van der Waals surface area contributed by atoms with E-state index in [1.165, 1.54) is 11.1 Å². The molecule has 1 aliphatic carbocycles. The molecule has 37 heavy (non-hydrogen) atoms. The van der Waals surface area contributed by atoms with Crippen LogP contribution in [-0.4, -0.2) is 30.4 Å². The van der Waals surface area contributed by atoms with Crippen LogP contribution in [0.5, 0.6) is 17.2 Å². The van der Waals surface area contributed by atoms with Crippen LogP contribution in [0.1, 0.15) is 34.2 Å². The summed E-state index contributed by atoms with van der Waals surface area (Å²) in [5.41, 5.74) is 6.14. The molecule has 1 amide bonds. The highest BCUT2D eigenvalue weighted by Gasteiger charge is 2.32. The van der Waals surface area contributed by atoms with Gasteiger partial charge in [-0.1, -0.05) is 66.7 Å². The van der Waals surface area contributed by atoms with E-state index in [0.29, 0.717) is 17.2 Å². The van der Waals surface area contributed by atoms with Crippen molar-refractivity contribution in [2.24, 2.45) is 0 Å². The first-order chi connectivity index (χ1) is 18.1. The maximum absolute atomic E-state index is 13.1. The van der Waals surface area contributed by atoms with E-state index in [4.69, 9.17) is 19.3 Å². The fraction of sp³-hybridized carbons (Fsp3) is 0.133. The lowest BCUT2D eigenvalue weighted by molar-refractivity contribution is -0.139. The number of carboxylic acid groups (broad SMARTS) is 1. The number of amides is 1. The molecule has 0 radical (unpaired) electrons. The number of ether oxygens (including phenoxy) is 3. The molecular weight excluding hydrogens is 470 g/mol. The number of para-hydroxylation sites is 1. The minimum Gasteiger partial charge on any atom is -0.482 e. The lowest BCUT2D eigenvalue weighted by Crippen LogP contribution is -2.32. The molecule has 1 unspecified atom stereocenters. The molecule has 2 N–H and O–H groups in total. The smallest absolute Gasteiger partial charge is 0.407 e. The first-order valence-electron chi connectivity index (χ1n) is 12.0. The summed E-state index contributed by atoms with van der Waals surface area (Å²) in [5, 5.41) is 11.9. The van der Waals surface area contributed by atoms with Crippen molar-refractivity contribution in [1.29, 1.82) is 0 Å². The number of hydrogen-bond donors (Lipinski definition) is 2. The van der Waals surface area contributed by atoms with Gasteiger partial charge in [-0.15, -0.1) is 0 Å². The second kappa shape index (κ2) is 9.35. The SMILES string of the molecule is O=C(O)COc1ccc2c(c1)Oc1ccccc1C2NC(=O)OCC1c2ccccc2-c2ccccc21. The van der Waals surface area contributed by atoms with Crippen molar-refractivity contribution < 1.29 is 28.9 Å². The second-order valence-corrected chi connectivity index (χ2v) is 8.92.